The maximum Gasteiger partial charge on any atom is 0.335 e. The number of nitrogens with one attached hydrogen (secondary N) is 2. The first kappa shape index (κ1) is 27.1. The Morgan fingerprint density at radius 2 is 1.75 bits per heavy atom. The van der Waals surface area contributed by atoms with Gasteiger partial charge in [0.1, 0.15) is 0 Å². The number of aromatic nitrogens is 2. The first-order valence-electron chi connectivity index (χ1n) is 13.1. The van der Waals surface area contributed by atoms with Gasteiger partial charge in [-0.1, -0.05) is 13.0 Å². The van der Waals surface area contributed by atoms with Gasteiger partial charge in [0.25, 0.3) is 0 Å². The molecule has 8 nitrogen and oxygen atoms in total. The number of benzene rings is 2. The van der Waals surface area contributed by atoms with Crippen molar-refractivity contribution in [3.63, 3.8) is 0 Å². The van der Waals surface area contributed by atoms with Crippen molar-refractivity contribution in [1.29, 1.82) is 0 Å². The highest BCUT2D eigenvalue weighted by atomic mass is 32.1. The molecular weight excluding hydrogens is 522 g/mol. The Morgan fingerprint density at radius 1 is 1.02 bits per heavy atom. The molecule has 1 fully saturated rings. The van der Waals surface area contributed by atoms with Gasteiger partial charge >= 0.3 is 5.97 Å². The fourth-order valence-corrected chi connectivity index (χ4v) is 5.71. The Hall–Kier alpha value is -4.50. The standard InChI is InChI=1S/C31H31N5O3S/c1-5-27(37)33-25-14-13-23(16-18(25)2)36-29(28(34-31(36)40)26-8-6-7-15-32-26)24-17-19(3)35(20(24)4)22-11-9-21(10-12-22)30(38)39/h6-17,28-29H,5H2,1-4H3,(H,33,37)(H,34,40)(H,38,39)/t28-,29-/m0/s1. The number of pyridine rings is 1. The highest BCUT2D eigenvalue weighted by Gasteiger charge is 2.42. The van der Waals surface area contributed by atoms with Gasteiger partial charge in [0.05, 0.1) is 23.3 Å². The van der Waals surface area contributed by atoms with Crippen LogP contribution in [0.2, 0.25) is 0 Å². The maximum atomic E-state index is 12.0. The summed E-state index contributed by atoms with van der Waals surface area (Å²) in [5.41, 5.74) is 7.72. The summed E-state index contributed by atoms with van der Waals surface area (Å²) < 4.78 is 2.13. The molecule has 0 unspecified atom stereocenters. The van der Waals surface area contributed by atoms with Gasteiger partial charge < -0.3 is 25.2 Å². The highest BCUT2D eigenvalue weighted by molar-refractivity contribution is 7.80. The van der Waals surface area contributed by atoms with E-state index in [1.54, 1.807) is 18.3 Å². The van der Waals surface area contributed by atoms with Crippen molar-refractivity contribution in [1.82, 2.24) is 14.9 Å². The molecular formula is C31H31N5O3S. The van der Waals surface area contributed by atoms with Gasteiger partial charge in [0, 0.05) is 41.1 Å². The molecule has 1 aliphatic heterocycles. The second-order valence-electron chi connectivity index (χ2n) is 9.91. The third-order valence-electron chi connectivity index (χ3n) is 7.34. The van der Waals surface area contributed by atoms with Crippen molar-refractivity contribution < 1.29 is 14.7 Å². The smallest absolute Gasteiger partial charge is 0.335 e. The van der Waals surface area contributed by atoms with E-state index in [0.717, 1.165) is 45.3 Å². The summed E-state index contributed by atoms with van der Waals surface area (Å²) in [7, 11) is 0. The number of hydrogen-bond donors (Lipinski definition) is 3. The summed E-state index contributed by atoms with van der Waals surface area (Å²) in [6.07, 6.45) is 2.19. The van der Waals surface area contributed by atoms with E-state index in [1.165, 1.54) is 0 Å². The fourth-order valence-electron chi connectivity index (χ4n) is 5.36. The predicted octanol–water partition coefficient (Wildman–Crippen LogP) is 6.02. The Bertz CT molecular complexity index is 1600. The average Bonchev–Trinajstić information content (AvgIpc) is 3.44. The lowest BCUT2D eigenvalue weighted by atomic mass is 9.96. The number of aryl methyl sites for hydroxylation is 2. The lowest BCUT2D eigenvalue weighted by Crippen LogP contribution is -2.29. The molecule has 2 aromatic heterocycles. The van der Waals surface area contributed by atoms with E-state index in [-0.39, 0.29) is 23.6 Å². The van der Waals surface area contributed by atoms with Crippen LogP contribution < -0.4 is 15.5 Å². The number of hydrogen-bond acceptors (Lipinski definition) is 4. The number of carboxylic acids is 1. The molecule has 40 heavy (non-hydrogen) atoms. The third kappa shape index (κ3) is 4.96. The molecule has 0 radical (unpaired) electrons. The van der Waals surface area contributed by atoms with Crippen LogP contribution in [0.25, 0.3) is 5.69 Å². The largest absolute Gasteiger partial charge is 0.478 e. The Labute approximate surface area is 238 Å². The summed E-state index contributed by atoms with van der Waals surface area (Å²) in [6.45, 7) is 7.90. The molecule has 9 heteroatoms. The van der Waals surface area contributed by atoms with E-state index in [4.69, 9.17) is 12.2 Å². The lowest BCUT2D eigenvalue weighted by molar-refractivity contribution is -0.115. The van der Waals surface area contributed by atoms with Crippen molar-refractivity contribution in [2.45, 2.75) is 46.2 Å². The van der Waals surface area contributed by atoms with Crippen molar-refractivity contribution in [3.05, 3.63) is 107 Å². The number of thiocarbonyl (C=S) groups is 1. The molecule has 0 saturated carbocycles. The van der Waals surface area contributed by atoms with Crippen molar-refractivity contribution in [2.75, 3.05) is 10.2 Å². The SMILES string of the molecule is CCC(=O)Nc1ccc(N2C(=S)N[C@@H](c3ccccn3)[C@@H]2c2cc(C)n(-c3ccc(C(=O)O)cc3)c2C)cc1C. The number of rotatable bonds is 7. The van der Waals surface area contributed by atoms with Crippen LogP contribution in [-0.2, 0) is 4.79 Å². The molecule has 0 bridgehead atoms. The van der Waals surface area contributed by atoms with E-state index in [1.807, 2.05) is 69.3 Å². The first-order valence-corrected chi connectivity index (χ1v) is 13.5. The summed E-state index contributed by atoms with van der Waals surface area (Å²) in [5, 5.41) is 16.4. The van der Waals surface area contributed by atoms with Crippen LogP contribution >= 0.6 is 12.2 Å². The van der Waals surface area contributed by atoms with Gasteiger partial charge in [-0.05, 0) is 105 Å². The van der Waals surface area contributed by atoms with Gasteiger partial charge in [-0.25, -0.2) is 4.79 Å². The van der Waals surface area contributed by atoms with E-state index in [0.29, 0.717) is 11.5 Å². The Morgan fingerprint density at radius 3 is 2.38 bits per heavy atom. The van der Waals surface area contributed by atoms with Crippen LogP contribution in [0.4, 0.5) is 11.4 Å². The van der Waals surface area contributed by atoms with Gasteiger partial charge in [-0.15, -0.1) is 0 Å². The highest BCUT2D eigenvalue weighted by Crippen LogP contribution is 2.44. The van der Waals surface area contributed by atoms with Crippen LogP contribution in [0.15, 0.2) is 72.9 Å². The second kappa shape index (κ2) is 10.9. The number of carboxylic acid groups (broad SMARTS) is 1. The average molecular weight is 554 g/mol. The number of amides is 1. The minimum atomic E-state index is -0.955. The normalized spacial score (nSPS) is 16.6. The monoisotopic (exact) mass is 553 g/mol. The number of nitrogens with zero attached hydrogens (tertiary/aromatic N) is 3. The van der Waals surface area contributed by atoms with Gasteiger partial charge in [0.15, 0.2) is 5.11 Å². The third-order valence-corrected chi connectivity index (χ3v) is 7.66. The summed E-state index contributed by atoms with van der Waals surface area (Å²) in [6, 6.07) is 20.4. The zero-order valence-electron chi connectivity index (χ0n) is 22.8. The van der Waals surface area contributed by atoms with Crippen LogP contribution in [0, 0.1) is 20.8 Å². The zero-order valence-corrected chi connectivity index (χ0v) is 23.6. The zero-order chi connectivity index (χ0) is 28.6. The molecule has 0 aliphatic carbocycles. The molecule has 3 heterocycles. The van der Waals surface area contributed by atoms with Gasteiger partial charge in [-0.2, -0.15) is 0 Å². The van der Waals surface area contributed by atoms with Gasteiger partial charge in [0.2, 0.25) is 5.91 Å². The van der Waals surface area contributed by atoms with E-state index < -0.39 is 5.97 Å². The number of carbonyl (C=O) groups is 2. The van der Waals surface area contributed by atoms with Crippen molar-refractivity contribution in [3.8, 4) is 5.69 Å². The van der Waals surface area contributed by atoms with Crippen LogP contribution in [0.1, 0.15) is 64.0 Å². The fraction of sp³-hybridized carbons (Fsp3) is 0.226. The molecule has 204 valence electrons. The molecule has 5 rings (SSSR count). The minimum Gasteiger partial charge on any atom is -0.478 e. The molecule has 4 aromatic rings. The maximum absolute atomic E-state index is 12.0. The summed E-state index contributed by atoms with van der Waals surface area (Å²) in [5.74, 6) is -0.991. The van der Waals surface area contributed by atoms with Crippen molar-refractivity contribution >= 4 is 40.6 Å². The molecule has 1 aliphatic rings. The van der Waals surface area contributed by atoms with E-state index >= 15 is 0 Å². The van der Waals surface area contributed by atoms with Crippen LogP contribution in [-0.4, -0.2) is 31.6 Å². The first-order chi connectivity index (χ1) is 19.2. The number of aromatic carboxylic acids is 1. The Balaban J connectivity index is 1.62. The molecule has 2 atom stereocenters. The quantitative estimate of drug-likeness (QED) is 0.241. The van der Waals surface area contributed by atoms with Crippen LogP contribution in [0.3, 0.4) is 0 Å². The topological polar surface area (TPSA) is 99.5 Å². The molecule has 1 saturated heterocycles. The van der Waals surface area contributed by atoms with E-state index in [2.05, 4.69) is 38.1 Å². The molecule has 2 aromatic carbocycles. The van der Waals surface area contributed by atoms with Crippen LogP contribution in [0.5, 0.6) is 0 Å². The molecule has 0 spiro atoms. The second-order valence-corrected chi connectivity index (χ2v) is 10.3. The number of carbonyl (C=O) groups excluding carboxylic acids is 1. The Kier molecular flexibility index (Phi) is 7.40. The van der Waals surface area contributed by atoms with E-state index in [9.17, 15) is 14.7 Å². The molecule has 1 amide bonds. The summed E-state index contributed by atoms with van der Waals surface area (Å²) >= 11 is 5.91. The lowest BCUT2D eigenvalue weighted by Gasteiger charge is -2.29. The molecule has 3 N–H and O–H groups in total. The summed E-state index contributed by atoms with van der Waals surface area (Å²) in [4.78, 5) is 30.2. The van der Waals surface area contributed by atoms with Crippen molar-refractivity contribution in [2.24, 2.45) is 0 Å². The predicted molar refractivity (Wildman–Crippen MR) is 160 cm³/mol. The minimum absolute atomic E-state index is 0.0360. The number of anilines is 2. The van der Waals surface area contributed by atoms with Gasteiger partial charge in [-0.3, -0.25) is 9.78 Å².